The highest BCUT2D eigenvalue weighted by Gasteiger charge is 2.18. The summed E-state index contributed by atoms with van der Waals surface area (Å²) in [6.45, 7) is 0.823. The van der Waals surface area contributed by atoms with Gasteiger partial charge in [-0.1, -0.05) is 13.8 Å². The van der Waals surface area contributed by atoms with Crippen molar-refractivity contribution in [3.8, 4) is 5.75 Å². The molecule has 0 amide bonds. The average molecular weight is 287 g/mol. The van der Waals surface area contributed by atoms with E-state index in [9.17, 15) is 13.6 Å². The van der Waals surface area contributed by atoms with Crippen LogP contribution in [0.3, 0.4) is 0 Å². The lowest BCUT2D eigenvalue weighted by molar-refractivity contribution is -0.0489. The van der Waals surface area contributed by atoms with Crippen molar-refractivity contribution in [2.75, 3.05) is 0 Å². The molecule has 19 heavy (non-hydrogen) atoms. The number of halogens is 2. The minimum absolute atomic E-state index is 0.0953. The Hall–Kier alpha value is -1.76. The molecule has 0 fully saturated rings. The van der Waals surface area contributed by atoms with Crippen LogP contribution in [0.15, 0.2) is 12.1 Å². The van der Waals surface area contributed by atoms with Gasteiger partial charge in [-0.25, -0.2) is 9.78 Å². The second-order valence-corrected chi connectivity index (χ2v) is 5.27. The molecule has 0 unspecified atom stereocenters. The molecule has 0 atom stereocenters. The van der Waals surface area contributed by atoms with Crippen LogP contribution in [-0.4, -0.2) is 22.7 Å². The lowest BCUT2D eigenvalue weighted by Gasteiger charge is -2.06. The van der Waals surface area contributed by atoms with E-state index < -0.39 is 12.6 Å². The number of aromatic carboxylic acids is 1. The smallest absolute Gasteiger partial charge is 0.387 e. The average Bonchev–Trinajstić information content (AvgIpc) is 2.72. The first-order valence-corrected chi connectivity index (χ1v) is 6.32. The number of ether oxygens (including phenoxy) is 1. The van der Waals surface area contributed by atoms with Crippen LogP contribution in [-0.2, 0) is 0 Å². The van der Waals surface area contributed by atoms with Gasteiger partial charge in [-0.2, -0.15) is 8.78 Å². The Balaban J connectivity index is 2.63. The Morgan fingerprint density at radius 2 is 2.11 bits per heavy atom. The molecular weight excluding hydrogens is 276 g/mol. The SMILES string of the molecule is CC(C)c1nc2c(OC(F)F)cc(C(=O)O)cc2s1. The third kappa shape index (κ3) is 2.81. The number of nitrogens with zero attached hydrogens (tertiary/aromatic N) is 1. The minimum Gasteiger partial charge on any atom is -0.478 e. The van der Waals surface area contributed by atoms with E-state index in [1.165, 1.54) is 17.4 Å². The summed E-state index contributed by atoms with van der Waals surface area (Å²) in [6.07, 6.45) is 0. The fourth-order valence-corrected chi connectivity index (χ4v) is 2.60. The van der Waals surface area contributed by atoms with E-state index in [1.807, 2.05) is 13.8 Å². The highest BCUT2D eigenvalue weighted by atomic mass is 32.1. The molecule has 1 heterocycles. The lowest BCUT2D eigenvalue weighted by atomic mass is 10.2. The van der Waals surface area contributed by atoms with Crippen LogP contribution in [0.2, 0.25) is 0 Å². The van der Waals surface area contributed by atoms with Crippen molar-refractivity contribution < 1.29 is 23.4 Å². The van der Waals surface area contributed by atoms with E-state index in [2.05, 4.69) is 9.72 Å². The topological polar surface area (TPSA) is 59.4 Å². The van der Waals surface area contributed by atoms with Gasteiger partial charge in [-0.3, -0.25) is 0 Å². The van der Waals surface area contributed by atoms with E-state index in [1.54, 1.807) is 0 Å². The van der Waals surface area contributed by atoms with Crippen molar-refractivity contribution in [1.82, 2.24) is 4.98 Å². The number of hydrogen-bond donors (Lipinski definition) is 1. The Morgan fingerprint density at radius 3 is 2.63 bits per heavy atom. The quantitative estimate of drug-likeness (QED) is 0.931. The molecule has 0 aliphatic heterocycles. The molecule has 0 saturated heterocycles. The zero-order valence-corrected chi connectivity index (χ0v) is 11.0. The Morgan fingerprint density at radius 1 is 1.42 bits per heavy atom. The number of carboxylic acids is 1. The maximum atomic E-state index is 12.4. The lowest BCUT2D eigenvalue weighted by Crippen LogP contribution is -2.04. The van der Waals surface area contributed by atoms with Gasteiger partial charge in [0, 0.05) is 5.92 Å². The van der Waals surface area contributed by atoms with Crippen molar-refractivity contribution >= 4 is 27.5 Å². The minimum atomic E-state index is -3.02. The number of aromatic nitrogens is 1. The molecule has 7 heteroatoms. The molecule has 2 aromatic rings. The van der Waals surface area contributed by atoms with Crippen molar-refractivity contribution in [2.45, 2.75) is 26.4 Å². The van der Waals surface area contributed by atoms with Gasteiger partial charge in [0.25, 0.3) is 0 Å². The van der Waals surface area contributed by atoms with Gasteiger partial charge in [0.2, 0.25) is 0 Å². The highest BCUT2D eigenvalue weighted by molar-refractivity contribution is 7.18. The maximum absolute atomic E-state index is 12.4. The molecule has 4 nitrogen and oxygen atoms in total. The molecule has 2 rings (SSSR count). The number of thiazole rings is 1. The van der Waals surface area contributed by atoms with Crippen LogP contribution in [0.5, 0.6) is 5.75 Å². The van der Waals surface area contributed by atoms with E-state index in [0.717, 1.165) is 11.1 Å². The predicted molar refractivity (Wildman–Crippen MR) is 67.3 cm³/mol. The van der Waals surface area contributed by atoms with Gasteiger partial charge in [0.1, 0.15) is 5.52 Å². The third-order valence-electron chi connectivity index (χ3n) is 2.43. The fourth-order valence-electron chi connectivity index (χ4n) is 1.57. The molecule has 0 spiro atoms. The molecular formula is C12H11F2NO3S. The zero-order valence-electron chi connectivity index (χ0n) is 10.2. The largest absolute Gasteiger partial charge is 0.478 e. The first kappa shape index (κ1) is 13.7. The van der Waals surface area contributed by atoms with Crippen LogP contribution in [0.4, 0.5) is 8.78 Å². The molecule has 102 valence electrons. The van der Waals surface area contributed by atoms with Crippen molar-refractivity contribution in [3.05, 3.63) is 22.7 Å². The summed E-state index contributed by atoms with van der Waals surface area (Å²) < 4.78 is 29.6. The Kier molecular flexibility index (Phi) is 3.66. The van der Waals surface area contributed by atoms with Crippen LogP contribution in [0, 0.1) is 0 Å². The summed E-state index contributed by atoms with van der Waals surface area (Å²) in [4.78, 5) is 15.2. The molecule has 0 saturated carbocycles. The molecule has 0 radical (unpaired) electrons. The maximum Gasteiger partial charge on any atom is 0.387 e. The van der Waals surface area contributed by atoms with E-state index in [0.29, 0.717) is 4.70 Å². The monoisotopic (exact) mass is 287 g/mol. The van der Waals surface area contributed by atoms with Gasteiger partial charge in [-0.15, -0.1) is 11.3 Å². The number of alkyl halides is 2. The number of carboxylic acid groups (broad SMARTS) is 1. The Labute approximate surface area is 111 Å². The van der Waals surface area contributed by atoms with Crippen molar-refractivity contribution in [2.24, 2.45) is 0 Å². The molecule has 0 bridgehead atoms. The van der Waals surface area contributed by atoms with Crippen molar-refractivity contribution in [1.29, 1.82) is 0 Å². The van der Waals surface area contributed by atoms with Crippen LogP contribution in [0.25, 0.3) is 10.2 Å². The van der Waals surface area contributed by atoms with Crippen LogP contribution >= 0.6 is 11.3 Å². The van der Waals surface area contributed by atoms with Gasteiger partial charge in [0.05, 0.1) is 15.3 Å². The molecule has 0 aliphatic carbocycles. The van der Waals surface area contributed by atoms with Gasteiger partial charge >= 0.3 is 12.6 Å². The predicted octanol–water partition coefficient (Wildman–Crippen LogP) is 3.72. The number of benzene rings is 1. The summed E-state index contributed by atoms with van der Waals surface area (Å²) in [5, 5.41) is 9.71. The molecule has 1 N–H and O–H groups in total. The van der Waals surface area contributed by atoms with E-state index in [-0.39, 0.29) is 22.7 Å². The summed E-state index contributed by atoms with van der Waals surface area (Å²) in [6, 6.07) is 2.49. The number of rotatable bonds is 4. The number of fused-ring (bicyclic) bond motifs is 1. The normalized spacial score (nSPS) is 11.5. The molecule has 0 aliphatic rings. The van der Waals surface area contributed by atoms with Crippen LogP contribution in [0.1, 0.15) is 35.1 Å². The first-order valence-electron chi connectivity index (χ1n) is 5.51. The van der Waals surface area contributed by atoms with Gasteiger partial charge in [0.15, 0.2) is 5.75 Å². The Bertz CT molecular complexity index is 625. The standard InChI is InChI=1S/C12H11F2NO3S/c1-5(2)10-15-9-7(18-12(13)14)3-6(11(16)17)4-8(9)19-10/h3-5,12H,1-2H3,(H,16,17). The van der Waals surface area contributed by atoms with Crippen molar-refractivity contribution in [3.63, 3.8) is 0 Å². The van der Waals surface area contributed by atoms with Gasteiger partial charge in [-0.05, 0) is 12.1 Å². The van der Waals surface area contributed by atoms with E-state index >= 15 is 0 Å². The number of hydrogen-bond acceptors (Lipinski definition) is 4. The first-order chi connectivity index (χ1) is 8.88. The van der Waals surface area contributed by atoms with E-state index in [4.69, 9.17) is 5.11 Å². The van der Waals surface area contributed by atoms with Gasteiger partial charge < -0.3 is 9.84 Å². The second kappa shape index (κ2) is 5.08. The highest BCUT2D eigenvalue weighted by Crippen LogP contribution is 2.34. The summed E-state index contributed by atoms with van der Waals surface area (Å²) >= 11 is 1.28. The zero-order chi connectivity index (χ0) is 14.2. The summed E-state index contributed by atoms with van der Waals surface area (Å²) in [5.41, 5.74) is 0.182. The molecule has 1 aromatic heterocycles. The summed E-state index contributed by atoms with van der Waals surface area (Å²) in [7, 11) is 0. The third-order valence-corrected chi connectivity index (χ3v) is 3.74. The van der Waals surface area contributed by atoms with Crippen LogP contribution < -0.4 is 4.74 Å². The summed E-state index contributed by atoms with van der Waals surface area (Å²) in [5.74, 6) is -1.27. The second-order valence-electron chi connectivity index (χ2n) is 4.21. The number of carbonyl (C=O) groups is 1. The fraction of sp³-hybridized carbons (Fsp3) is 0.333. The molecule has 1 aromatic carbocycles.